The molecule has 5 nitrogen and oxygen atoms in total. The number of aromatic nitrogens is 3. The van der Waals surface area contributed by atoms with Crippen LogP contribution < -0.4 is 11.1 Å². The number of thiocarbonyl (C=S) groups is 1. The van der Waals surface area contributed by atoms with E-state index in [-0.39, 0.29) is 4.99 Å². The molecule has 0 radical (unpaired) electrons. The van der Waals surface area contributed by atoms with Gasteiger partial charge in [0.2, 0.25) is 5.95 Å². The summed E-state index contributed by atoms with van der Waals surface area (Å²) >= 11 is 6.38. The van der Waals surface area contributed by atoms with Crippen molar-refractivity contribution in [2.45, 2.75) is 6.54 Å². The van der Waals surface area contributed by atoms with E-state index < -0.39 is 0 Å². The van der Waals surface area contributed by atoms with Crippen molar-refractivity contribution in [3.63, 3.8) is 0 Å². The van der Waals surface area contributed by atoms with Crippen LogP contribution in [-0.4, -0.2) is 19.9 Å². The molecule has 0 amide bonds. The molecule has 2 rings (SSSR count). The van der Waals surface area contributed by atoms with Gasteiger partial charge in [0.15, 0.2) is 0 Å². The monoisotopic (exact) mass is 251 g/mol. The Kier molecular flexibility index (Phi) is 3.37. The van der Waals surface area contributed by atoms with Crippen molar-refractivity contribution in [1.29, 1.82) is 0 Å². The Hall–Kier alpha value is -1.60. The molecule has 2 aromatic heterocycles. The third-order valence-corrected chi connectivity index (χ3v) is 2.66. The molecule has 0 spiro atoms. The van der Waals surface area contributed by atoms with Crippen LogP contribution in [0.3, 0.4) is 0 Å². The Morgan fingerprint density at radius 3 is 3.06 bits per heavy atom. The molecule has 3 N–H and O–H groups in total. The first-order valence-corrected chi connectivity index (χ1v) is 5.84. The SMILES string of the molecule is NC(=S)c1ccnc(NCc2cscn2)n1. The molecule has 0 fully saturated rings. The van der Waals surface area contributed by atoms with Gasteiger partial charge in [-0.15, -0.1) is 11.3 Å². The van der Waals surface area contributed by atoms with Gasteiger partial charge in [0.05, 0.1) is 17.7 Å². The van der Waals surface area contributed by atoms with Gasteiger partial charge >= 0.3 is 0 Å². The fourth-order valence-electron chi connectivity index (χ4n) is 1.08. The molecule has 0 atom stereocenters. The van der Waals surface area contributed by atoms with Gasteiger partial charge in [0.25, 0.3) is 0 Å². The largest absolute Gasteiger partial charge is 0.388 e. The average molecular weight is 251 g/mol. The van der Waals surface area contributed by atoms with Crippen LogP contribution in [0.1, 0.15) is 11.4 Å². The Balaban J connectivity index is 2.04. The quantitative estimate of drug-likeness (QED) is 0.795. The summed E-state index contributed by atoms with van der Waals surface area (Å²) in [5.41, 5.74) is 8.77. The molecule has 0 saturated carbocycles. The van der Waals surface area contributed by atoms with Gasteiger partial charge in [0.1, 0.15) is 10.7 Å². The summed E-state index contributed by atoms with van der Waals surface area (Å²) in [5, 5.41) is 5.01. The Labute approximate surface area is 102 Å². The lowest BCUT2D eigenvalue weighted by Gasteiger charge is -2.03. The molecule has 2 aromatic rings. The average Bonchev–Trinajstić information content (AvgIpc) is 2.79. The number of hydrogen-bond donors (Lipinski definition) is 2. The lowest BCUT2D eigenvalue weighted by atomic mass is 10.4. The maximum absolute atomic E-state index is 5.48. The van der Waals surface area contributed by atoms with Gasteiger partial charge in [-0.25, -0.2) is 15.0 Å². The highest BCUT2D eigenvalue weighted by Gasteiger charge is 2.01. The molecular formula is C9H9N5S2. The molecule has 2 heterocycles. The van der Waals surface area contributed by atoms with E-state index in [1.54, 1.807) is 29.1 Å². The molecule has 0 unspecified atom stereocenters. The van der Waals surface area contributed by atoms with Crippen LogP contribution >= 0.6 is 23.6 Å². The summed E-state index contributed by atoms with van der Waals surface area (Å²) in [6.07, 6.45) is 1.62. The zero-order valence-electron chi connectivity index (χ0n) is 8.25. The summed E-state index contributed by atoms with van der Waals surface area (Å²) in [5.74, 6) is 0.498. The summed E-state index contributed by atoms with van der Waals surface area (Å²) in [7, 11) is 0. The van der Waals surface area contributed by atoms with Gasteiger partial charge < -0.3 is 11.1 Å². The second-order valence-corrected chi connectivity index (χ2v) is 4.12. The second kappa shape index (κ2) is 4.95. The van der Waals surface area contributed by atoms with Gasteiger partial charge in [-0.05, 0) is 6.07 Å². The van der Waals surface area contributed by atoms with Gasteiger partial charge in [-0.2, -0.15) is 0 Å². The van der Waals surface area contributed by atoms with Crippen molar-refractivity contribution in [3.05, 3.63) is 34.5 Å². The first-order chi connectivity index (χ1) is 7.75. The molecule has 7 heteroatoms. The number of nitrogens with one attached hydrogen (secondary N) is 1. The standard InChI is InChI=1S/C9H9N5S2/c10-8(15)7-1-2-11-9(14-7)12-3-6-4-16-5-13-6/h1-2,4-5H,3H2,(H2,10,15)(H,11,12,14). The first-order valence-electron chi connectivity index (χ1n) is 4.49. The Morgan fingerprint density at radius 1 is 1.50 bits per heavy atom. The predicted molar refractivity (Wildman–Crippen MR) is 67.4 cm³/mol. The normalized spacial score (nSPS) is 10.0. The number of rotatable bonds is 4. The van der Waals surface area contributed by atoms with Crippen molar-refractivity contribution in [2.75, 3.05) is 5.32 Å². The van der Waals surface area contributed by atoms with Crippen LogP contribution in [0.25, 0.3) is 0 Å². The fourth-order valence-corrected chi connectivity index (χ4v) is 1.75. The van der Waals surface area contributed by atoms with Crippen molar-refractivity contribution < 1.29 is 0 Å². The molecule has 0 aliphatic heterocycles. The lowest BCUT2D eigenvalue weighted by molar-refractivity contribution is 1.01. The highest BCUT2D eigenvalue weighted by molar-refractivity contribution is 7.80. The topological polar surface area (TPSA) is 76.7 Å². The fraction of sp³-hybridized carbons (Fsp3) is 0.111. The summed E-state index contributed by atoms with van der Waals surface area (Å²) in [6, 6.07) is 1.68. The molecule has 0 aliphatic carbocycles. The Bertz CT molecular complexity index is 482. The first kappa shape index (κ1) is 10.9. The number of anilines is 1. The molecule has 0 bridgehead atoms. The van der Waals surface area contributed by atoms with Crippen LogP contribution in [0, 0.1) is 0 Å². The molecular weight excluding hydrogens is 242 g/mol. The smallest absolute Gasteiger partial charge is 0.223 e. The predicted octanol–water partition coefficient (Wildman–Crippen LogP) is 1.18. The number of thiazole rings is 1. The summed E-state index contributed by atoms with van der Waals surface area (Å²) in [6.45, 7) is 0.588. The Morgan fingerprint density at radius 2 is 2.38 bits per heavy atom. The van der Waals surface area contributed by atoms with Crippen LogP contribution in [0.2, 0.25) is 0 Å². The van der Waals surface area contributed by atoms with E-state index in [0.717, 1.165) is 5.69 Å². The van der Waals surface area contributed by atoms with E-state index in [1.165, 1.54) is 0 Å². The van der Waals surface area contributed by atoms with Gasteiger partial charge in [-0.1, -0.05) is 12.2 Å². The van der Waals surface area contributed by atoms with E-state index in [0.29, 0.717) is 18.2 Å². The highest BCUT2D eigenvalue weighted by atomic mass is 32.1. The van der Waals surface area contributed by atoms with E-state index in [2.05, 4.69) is 20.3 Å². The zero-order chi connectivity index (χ0) is 11.4. The molecule has 0 saturated heterocycles. The third kappa shape index (κ3) is 2.71. The minimum Gasteiger partial charge on any atom is -0.388 e. The minimum atomic E-state index is 0.263. The van der Waals surface area contributed by atoms with Crippen molar-refractivity contribution >= 4 is 34.5 Å². The third-order valence-electron chi connectivity index (χ3n) is 1.82. The molecule has 0 aliphatic rings. The second-order valence-electron chi connectivity index (χ2n) is 2.96. The van der Waals surface area contributed by atoms with Crippen LogP contribution in [0.15, 0.2) is 23.2 Å². The molecule has 0 aromatic carbocycles. The number of nitrogens with two attached hydrogens (primary N) is 1. The van der Waals surface area contributed by atoms with Crippen LogP contribution in [0.4, 0.5) is 5.95 Å². The van der Waals surface area contributed by atoms with Gasteiger partial charge in [-0.3, -0.25) is 0 Å². The van der Waals surface area contributed by atoms with Crippen LogP contribution in [0.5, 0.6) is 0 Å². The van der Waals surface area contributed by atoms with E-state index in [9.17, 15) is 0 Å². The van der Waals surface area contributed by atoms with Gasteiger partial charge in [0, 0.05) is 11.6 Å². The van der Waals surface area contributed by atoms with Crippen molar-refractivity contribution in [2.24, 2.45) is 5.73 Å². The summed E-state index contributed by atoms with van der Waals surface area (Å²) in [4.78, 5) is 12.6. The van der Waals surface area contributed by atoms with E-state index in [1.807, 2.05) is 5.38 Å². The maximum Gasteiger partial charge on any atom is 0.223 e. The minimum absolute atomic E-state index is 0.263. The van der Waals surface area contributed by atoms with Crippen molar-refractivity contribution in [3.8, 4) is 0 Å². The number of hydrogen-bond acceptors (Lipinski definition) is 6. The zero-order valence-corrected chi connectivity index (χ0v) is 9.88. The lowest BCUT2D eigenvalue weighted by Crippen LogP contribution is -2.13. The molecule has 16 heavy (non-hydrogen) atoms. The van der Waals surface area contributed by atoms with Crippen molar-refractivity contribution in [1.82, 2.24) is 15.0 Å². The maximum atomic E-state index is 5.48. The number of nitrogens with zero attached hydrogens (tertiary/aromatic N) is 3. The molecule has 82 valence electrons. The van der Waals surface area contributed by atoms with Crippen LogP contribution in [-0.2, 0) is 6.54 Å². The highest BCUT2D eigenvalue weighted by Crippen LogP contribution is 2.05. The van der Waals surface area contributed by atoms with E-state index in [4.69, 9.17) is 18.0 Å². The summed E-state index contributed by atoms with van der Waals surface area (Å²) < 4.78 is 0. The van der Waals surface area contributed by atoms with E-state index >= 15 is 0 Å².